The number of rotatable bonds is 6. The van der Waals surface area contributed by atoms with Crippen molar-refractivity contribution in [2.24, 2.45) is 11.8 Å². The van der Waals surface area contributed by atoms with Crippen molar-refractivity contribution in [3.63, 3.8) is 0 Å². The van der Waals surface area contributed by atoms with E-state index in [4.69, 9.17) is 4.52 Å². The third kappa shape index (κ3) is 4.76. The summed E-state index contributed by atoms with van der Waals surface area (Å²) in [7, 11) is 0. The van der Waals surface area contributed by atoms with Gasteiger partial charge in [-0.05, 0) is 25.2 Å². The molecule has 0 saturated carbocycles. The van der Waals surface area contributed by atoms with Gasteiger partial charge in [0.1, 0.15) is 0 Å². The average molecular weight is 385 g/mol. The maximum absolute atomic E-state index is 12.4. The molecule has 2 aliphatic heterocycles. The van der Waals surface area contributed by atoms with Crippen LogP contribution in [0, 0.1) is 18.8 Å². The van der Waals surface area contributed by atoms with E-state index in [0.717, 1.165) is 39.1 Å². The maximum atomic E-state index is 12.4. The Kier molecular flexibility index (Phi) is 7.06. The molecule has 3 heterocycles. The molecule has 2 fully saturated rings. The van der Waals surface area contributed by atoms with Gasteiger partial charge < -0.3 is 14.7 Å². The van der Waals surface area contributed by atoms with Crippen LogP contribution in [-0.2, 0) is 4.79 Å². The molecule has 146 valence electrons. The van der Waals surface area contributed by atoms with Gasteiger partial charge >= 0.3 is 0 Å². The summed E-state index contributed by atoms with van der Waals surface area (Å²) >= 11 is 0. The zero-order chi connectivity index (χ0) is 18.0. The van der Waals surface area contributed by atoms with Crippen LogP contribution in [0.4, 0.5) is 0 Å². The number of aromatic nitrogens is 1. The van der Waals surface area contributed by atoms with Crippen LogP contribution in [-0.4, -0.2) is 65.5 Å². The summed E-state index contributed by atoms with van der Waals surface area (Å²) in [6.07, 6.45) is 1.66. The summed E-state index contributed by atoms with van der Waals surface area (Å²) in [6.45, 7) is 10.5. The lowest BCUT2D eigenvalue weighted by atomic mass is 9.91. The van der Waals surface area contributed by atoms with E-state index < -0.39 is 0 Å². The van der Waals surface area contributed by atoms with E-state index in [2.05, 4.69) is 29.2 Å². The second-order valence-corrected chi connectivity index (χ2v) is 7.56. The summed E-state index contributed by atoms with van der Waals surface area (Å²) < 4.78 is 5.07. The van der Waals surface area contributed by atoms with E-state index in [-0.39, 0.29) is 36.0 Å². The van der Waals surface area contributed by atoms with Crippen LogP contribution in [0.15, 0.2) is 10.6 Å². The Hall–Kier alpha value is -1.60. The molecule has 2 amide bonds. The van der Waals surface area contributed by atoms with Crippen molar-refractivity contribution in [3.05, 3.63) is 17.5 Å². The highest BCUT2D eigenvalue weighted by molar-refractivity contribution is 5.91. The van der Waals surface area contributed by atoms with E-state index in [1.54, 1.807) is 13.0 Å². The van der Waals surface area contributed by atoms with Gasteiger partial charge in [0.15, 0.2) is 0 Å². The monoisotopic (exact) mass is 384 g/mol. The minimum absolute atomic E-state index is 0. The van der Waals surface area contributed by atoms with Crippen LogP contribution in [0.1, 0.15) is 42.9 Å². The Labute approximate surface area is 160 Å². The minimum atomic E-state index is -0.201. The molecule has 2 atom stereocenters. The maximum Gasteiger partial charge on any atom is 0.290 e. The van der Waals surface area contributed by atoms with Crippen LogP contribution in [0.5, 0.6) is 0 Å². The quantitative estimate of drug-likeness (QED) is 0.807. The van der Waals surface area contributed by atoms with Crippen molar-refractivity contribution in [1.29, 1.82) is 0 Å². The number of carbonyl (C=O) groups is 2. The summed E-state index contributed by atoms with van der Waals surface area (Å²) in [5.74, 6) is 1.20. The van der Waals surface area contributed by atoms with Crippen molar-refractivity contribution < 1.29 is 14.1 Å². The molecule has 0 aromatic carbocycles. The molecule has 3 rings (SSSR count). The predicted molar refractivity (Wildman–Crippen MR) is 100 cm³/mol. The molecule has 0 radical (unpaired) electrons. The van der Waals surface area contributed by atoms with Gasteiger partial charge in [-0.15, -0.1) is 12.4 Å². The fourth-order valence-electron chi connectivity index (χ4n) is 3.84. The number of aryl methyl sites for hydroxylation is 1. The number of likely N-dealkylation sites (tertiary alicyclic amines) is 2. The lowest BCUT2D eigenvalue weighted by Gasteiger charge is -2.22. The Bertz CT molecular complexity index is 634. The molecule has 8 heteroatoms. The fourth-order valence-corrected chi connectivity index (χ4v) is 3.84. The molecule has 7 nitrogen and oxygen atoms in total. The highest BCUT2D eigenvalue weighted by Gasteiger charge is 2.36. The van der Waals surface area contributed by atoms with E-state index in [1.165, 1.54) is 0 Å². The molecular weight excluding hydrogens is 356 g/mol. The van der Waals surface area contributed by atoms with Gasteiger partial charge in [-0.2, -0.15) is 0 Å². The first-order valence-corrected chi connectivity index (χ1v) is 9.18. The zero-order valence-corrected chi connectivity index (χ0v) is 16.6. The number of halogens is 1. The third-order valence-corrected chi connectivity index (χ3v) is 5.32. The van der Waals surface area contributed by atoms with Gasteiger partial charge in [0.05, 0.1) is 5.69 Å². The molecule has 0 aliphatic carbocycles. The summed E-state index contributed by atoms with van der Waals surface area (Å²) in [4.78, 5) is 28.4. The number of nitrogens with zero attached hydrogens (tertiary/aromatic N) is 3. The highest BCUT2D eigenvalue weighted by atomic mass is 35.5. The van der Waals surface area contributed by atoms with Crippen molar-refractivity contribution in [2.45, 2.75) is 39.7 Å². The molecule has 0 unspecified atom stereocenters. The predicted octanol–water partition coefficient (Wildman–Crippen LogP) is 1.71. The Balaban J connectivity index is 0.00000243. The number of nitrogens with one attached hydrogen (secondary N) is 1. The van der Waals surface area contributed by atoms with Crippen LogP contribution < -0.4 is 5.32 Å². The summed E-state index contributed by atoms with van der Waals surface area (Å²) in [6, 6.07) is 1.75. The van der Waals surface area contributed by atoms with Gasteiger partial charge in [0.25, 0.3) is 5.91 Å². The van der Waals surface area contributed by atoms with Crippen LogP contribution in [0.3, 0.4) is 0 Å². The van der Waals surface area contributed by atoms with Gasteiger partial charge in [0.2, 0.25) is 11.7 Å². The van der Waals surface area contributed by atoms with Crippen molar-refractivity contribution in [1.82, 2.24) is 20.3 Å². The number of amides is 2. The third-order valence-electron chi connectivity index (χ3n) is 5.32. The Morgan fingerprint density at radius 2 is 2.15 bits per heavy atom. The highest BCUT2D eigenvalue weighted by Crippen LogP contribution is 2.25. The smallest absolute Gasteiger partial charge is 0.290 e. The van der Waals surface area contributed by atoms with Crippen LogP contribution in [0.2, 0.25) is 0 Å². The summed E-state index contributed by atoms with van der Waals surface area (Å²) in [5.41, 5.74) is 0.703. The van der Waals surface area contributed by atoms with E-state index in [0.29, 0.717) is 24.0 Å². The van der Waals surface area contributed by atoms with Crippen molar-refractivity contribution in [2.75, 3.05) is 32.7 Å². The fraction of sp³-hybridized carbons (Fsp3) is 0.722. The van der Waals surface area contributed by atoms with Crippen molar-refractivity contribution >= 4 is 24.2 Å². The molecule has 0 bridgehead atoms. The van der Waals surface area contributed by atoms with Crippen LogP contribution in [0.25, 0.3) is 0 Å². The normalized spacial score (nSPS) is 23.5. The lowest BCUT2D eigenvalue weighted by Crippen LogP contribution is -2.42. The molecule has 1 aromatic heterocycles. The number of hydrogen-bond acceptors (Lipinski definition) is 5. The average Bonchev–Trinajstić information content (AvgIpc) is 3.26. The van der Waals surface area contributed by atoms with Gasteiger partial charge in [-0.3, -0.25) is 14.5 Å². The number of carbonyl (C=O) groups excluding carboxylic acids is 2. The zero-order valence-electron chi connectivity index (χ0n) is 15.7. The molecular formula is C18H29ClN4O3. The molecule has 2 aliphatic rings. The summed E-state index contributed by atoms with van der Waals surface area (Å²) in [5, 5.41) is 6.89. The van der Waals surface area contributed by atoms with Gasteiger partial charge in [0, 0.05) is 51.3 Å². The molecule has 1 aromatic rings. The second kappa shape index (κ2) is 8.86. The second-order valence-electron chi connectivity index (χ2n) is 7.56. The first-order chi connectivity index (χ1) is 11.9. The minimum Gasteiger partial charge on any atom is -0.351 e. The molecule has 26 heavy (non-hydrogen) atoms. The molecule has 1 N–H and O–H groups in total. The Morgan fingerprint density at radius 3 is 2.73 bits per heavy atom. The number of hydrogen-bond donors (Lipinski definition) is 1. The van der Waals surface area contributed by atoms with E-state index >= 15 is 0 Å². The molecule has 2 saturated heterocycles. The molecule has 0 spiro atoms. The largest absolute Gasteiger partial charge is 0.351 e. The topological polar surface area (TPSA) is 78.7 Å². The standard InChI is InChI=1S/C18H28N4O3.ClH/c1-12(2)14-10-21(7-8-22-6-4-5-17(22)23)11-15(14)19-18(24)16-9-13(3)20-25-16;/h9,12,14-15H,4-8,10-11H2,1-3H3,(H,19,24);1H/t14-,15+;/m1./s1. The SMILES string of the molecule is Cc1cc(C(=O)N[C@H]2CN(CCN3CCCC3=O)C[C@@H]2C(C)C)on1.Cl. The first-order valence-electron chi connectivity index (χ1n) is 9.18. The Morgan fingerprint density at radius 1 is 1.38 bits per heavy atom. The van der Waals surface area contributed by atoms with E-state index in [1.807, 2.05) is 4.90 Å². The van der Waals surface area contributed by atoms with Gasteiger partial charge in [-0.25, -0.2) is 0 Å². The van der Waals surface area contributed by atoms with Crippen molar-refractivity contribution in [3.8, 4) is 0 Å². The first kappa shape index (κ1) is 20.7. The lowest BCUT2D eigenvalue weighted by molar-refractivity contribution is -0.127. The van der Waals surface area contributed by atoms with Gasteiger partial charge in [-0.1, -0.05) is 19.0 Å². The van der Waals surface area contributed by atoms with E-state index in [9.17, 15) is 9.59 Å². The van der Waals surface area contributed by atoms with Crippen LogP contribution >= 0.6 is 12.4 Å².